The van der Waals surface area contributed by atoms with Crippen LogP contribution in [-0.4, -0.2) is 22.0 Å². The van der Waals surface area contributed by atoms with Crippen molar-refractivity contribution in [3.05, 3.63) is 23.0 Å². The van der Waals surface area contributed by atoms with Crippen LogP contribution in [0, 0.1) is 22.7 Å². The maximum absolute atomic E-state index is 11.7. The summed E-state index contributed by atoms with van der Waals surface area (Å²) in [6, 6.07) is 0. The van der Waals surface area contributed by atoms with Crippen molar-refractivity contribution in [2.24, 2.45) is 22.7 Å². The van der Waals surface area contributed by atoms with E-state index in [-0.39, 0.29) is 17.3 Å². The molecular weight excluding hydrogens is 316 g/mol. The predicted molar refractivity (Wildman–Crippen MR) is 94.2 cm³/mol. The van der Waals surface area contributed by atoms with Crippen LogP contribution in [0.2, 0.25) is 0 Å². The zero-order chi connectivity index (χ0) is 18.0. The number of ether oxygens (including phenoxy) is 1. The number of esters is 1. The van der Waals surface area contributed by atoms with Gasteiger partial charge in [-0.05, 0) is 67.4 Å². The molecule has 4 rings (SSSR count). The Bertz CT molecular complexity index is 673. The number of rotatable bonds is 1. The highest BCUT2D eigenvalue weighted by Gasteiger charge is 2.62. The van der Waals surface area contributed by atoms with Crippen LogP contribution in [0.5, 0.6) is 0 Å². The molecule has 0 spiro atoms. The van der Waals surface area contributed by atoms with Crippen molar-refractivity contribution in [3.63, 3.8) is 0 Å². The summed E-state index contributed by atoms with van der Waals surface area (Å²) in [6.07, 6.45) is 9.71. The first-order valence-electron chi connectivity index (χ1n) is 9.77. The Hall–Kier alpha value is -1.13. The van der Waals surface area contributed by atoms with E-state index in [4.69, 9.17) is 4.74 Å². The van der Waals surface area contributed by atoms with Gasteiger partial charge in [0.15, 0.2) is 5.79 Å². The number of allylic oxidation sites excluding steroid dienone is 3. The minimum atomic E-state index is -1.63. The fourth-order valence-corrected chi connectivity index (χ4v) is 6.32. The van der Waals surface area contributed by atoms with Crippen molar-refractivity contribution in [2.75, 3.05) is 0 Å². The number of carbonyl (C=O) groups excluding carboxylic acids is 1. The average Bonchev–Trinajstić information content (AvgIpc) is 2.77. The van der Waals surface area contributed by atoms with Gasteiger partial charge in [-0.2, -0.15) is 0 Å². The summed E-state index contributed by atoms with van der Waals surface area (Å²) in [5, 5.41) is 21.2. The first kappa shape index (κ1) is 17.3. The first-order valence-corrected chi connectivity index (χ1v) is 9.77. The van der Waals surface area contributed by atoms with Gasteiger partial charge in [0.05, 0.1) is 0 Å². The molecule has 0 radical (unpaired) electrons. The van der Waals surface area contributed by atoms with E-state index >= 15 is 0 Å². The molecule has 4 aliphatic carbocycles. The molecule has 0 aliphatic heterocycles. The fraction of sp³-hybridized carbons (Fsp3) is 0.762. The molecule has 25 heavy (non-hydrogen) atoms. The van der Waals surface area contributed by atoms with Crippen LogP contribution in [0.25, 0.3) is 0 Å². The lowest BCUT2D eigenvalue weighted by molar-refractivity contribution is -0.234. The standard InChI is InChI=1S/C21H30O4/c1-13(22)25-17-12-14-6-4-5-9-19(14,2)15-7-10-20(3)16(18(15)17)8-11-21(20,23)24/h12,15-16,23-24H,4-11H2,1-3H3/t15-,16+,19+,20+/m1/s1. The molecular formula is C21H30O4. The monoisotopic (exact) mass is 346 g/mol. The topological polar surface area (TPSA) is 66.8 Å². The van der Waals surface area contributed by atoms with Gasteiger partial charge in [0, 0.05) is 18.8 Å². The molecule has 0 heterocycles. The van der Waals surface area contributed by atoms with Gasteiger partial charge in [-0.15, -0.1) is 0 Å². The van der Waals surface area contributed by atoms with Crippen molar-refractivity contribution in [1.29, 1.82) is 0 Å². The molecule has 0 aromatic carbocycles. The Labute approximate surface area is 149 Å². The number of hydrogen-bond acceptors (Lipinski definition) is 4. The third-order valence-electron chi connectivity index (χ3n) is 7.91. The molecule has 4 heteroatoms. The fourth-order valence-electron chi connectivity index (χ4n) is 6.32. The highest BCUT2D eigenvalue weighted by Crippen LogP contribution is 2.66. The van der Waals surface area contributed by atoms with Gasteiger partial charge in [-0.3, -0.25) is 4.79 Å². The molecule has 3 fully saturated rings. The smallest absolute Gasteiger partial charge is 0.308 e. The highest BCUT2D eigenvalue weighted by molar-refractivity contribution is 5.68. The third kappa shape index (κ3) is 2.30. The van der Waals surface area contributed by atoms with E-state index in [2.05, 4.69) is 13.0 Å². The van der Waals surface area contributed by atoms with E-state index in [9.17, 15) is 15.0 Å². The van der Waals surface area contributed by atoms with E-state index in [0.29, 0.717) is 18.1 Å². The van der Waals surface area contributed by atoms with Crippen LogP contribution in [0.1, 0.15) is 72.1 Å². The Morgan fingerprint density at radius 1 is 1.12 bits per heavy atom. The molecule has 4 atom stereocenters. The van der Waals surface area contributed by atoms with E-state index in [1.54, 1.807) is 0 Å². The van der Waals surface area contributed by atoms with Crippen LogP contribution >= 0.6 is 0 Å². The van der Waals surface area contributed by atoms with Crippen LogP contribution in [0.4, 0.5) is 0 Å². The van der Waals surface area contributed by atoms with E-state index in [0.717, 1.165) is 25.7 Å². The van der Waals surface area contributed by atoms with Crippen molar-refractivity contribution >= 4 is 5.97 Å². The molecule has 0 amide bonds. The predicted octanol–water partition coefficient (Wildman–Crippen LogP) is 3.83. The summed E-state index contributed by atoms with van der Waals surface area (Å²) in [4.78, 5) is 11.7. The second-order valence-electron chi connectivity index (χ2n) is 9.12. The minimum Gasteiger partial charge on any atom is -0.427 e. The molecule has 0 unspecified atom stereocenters. The molecule has 4 aliphatic rings. The van der Waals surface area contributed by atoms with Gasteiger partial charge in [0.25, 0.3) is 0 Å². The van der Waals surface area contributed by atoms with Gasteiger partial charge in [0.1, 0.15) is 5.76 Å². The van der Waals surface area contributed by atoms with Crippen molar-refractivity contribution in [2.45, 2.75) is 77.9 Å². The lowest BCUT2D eigenvalue weighted by Crippen LogP contribution is -2.51. The van der Waals surface area contributed by atoms with Crippen LogP contribution < -0.4 is 0 Å². The zero-order valence-corrected chi connectivity index (χ0v) is 15.6. The maximum Gasteiger partial charge on any atom is 0.308 e. The average molecular weight is 346 g/mol. The summed E-state index contributed by atoms with van der Waals surface area (Å²) in [5.74, 6) is -0.780. The Morgan fingerprint density at radius 2 is 1.84 bits per heavy atom. The molecule has 4 nitrogen and oxygen atoms in total. The van der Waals surface area contributed by atoms with Gasteiger partial charge < -0.3 is 14.9 Å². The summed E-state index contributed by atoms with van der Waals surface area (Å²) < 4.78 is 5.68. The van der Waals surface area contributed by atoms with Crippen molar-refractivity contribution < 1.29 is 19.7 Å². The number of aliphatic hydroxyl groups is 2. The summed E-state index contributed by atoms with van der Waals surface area (Å²) in [7, 11) is 0. The number of carbonyl (C=O) groups is 1. The lowest BCUT2D eigenvalue weighted by atomic mass is 9.51. The van der Waals surface area contributed by atoms with Gasteiger partial charge in [-0.25, -0.2) is 0 Å². The number of fused-ring (bicyclic) bond motifs is 5. The molecule has 0 aromatic heterocycles. The van der Waals surface area contributed by atoms with Gasteiger partial charge in [-0.1, -0.05) is 25.8 Å². The second-order valence-corrected chi connectivity index (χ2v) is 9.12. The Morgan fingerprint density at radius 3 is 2.56 bits per heavy atom. The summed E-state index contributed by atoms with van der Waals surface area (Å²) >= 11 is 0. The van der Waals surface area contributed by atoms with Gasteiger partial charge >= 0.3 is 5.97 Å². The summed E-state index contributed by atoms with van der Waals surface area (Å²) in [5.41, 5.74) is 2.18. The highest BCUT2D eigenvalue weighted by atomic mass is 16.5. The summed E-state index contributed by atoms with van der Waals surface area (Å²) in [6.45, 7) is 5.83. The SMILES string of the molecule is CC(=O)OC1=C2[C@@H](CC[C@@]3(C)[C@H]2CCC3(O)O)[C@@]2(C)CCCCC2=C1. The third-order valence-corrected chi connectivity index (χ3v) is 7.91. The molecule has 138 valence electrons. The largest absolute Gasteiger partial charge is 0.427 e. The van der Waals surface area contributed by atoms with Crippen LogP contribution in [0.3, 0.4) is 0 Å². The normalized spacial score (nSPS) is 42.2. The van der Waals surface area contributed by atoms with Gasteiger partial charge in [0.2, 0.25) is 0 Å². The first-order chi connectivity index (χ1) is 11.7. The Kier molecular flexibility index (Phi) is 3.76. The van der Waals surface area contributed by atoms with Crippen LogP contribution in [0.15, 0.2) is 23.0 Å². The molecule has 0 aromatic rings. The van der Waals surface area contributed by atoms with Crippen LogP contribution in [-0.2, 0) is 9.53 Å². The number of hydrogen-bond donors (Lipinski definition) is 2. The minimum absolute atomic E-state index is 0.0761. The maximum atomic E-state index is 11.7. The zero-order valence-electron chi connectivity index (χ0n) is 15.6. The lowest BCUT2D eigenvalue weighted by Gasteiger charge is -2.55. The Balaban J connectivity index is 1.86. The quantitative estimate of drug-likeness (QED) is 0.559. The van der Waals surface area contributed by atoms with E-state index in [1.807, 2.05) is 6.92 Å². The molecule has 0 bridgehead atoms. The van der Waals surface area contributed by atoms with E-state index < -0.39 is 11.2 Å². The van der Waals surface area contributed by atoms with Crippen molar-refractivity contribution in [3.8, 4) is 0 Å². The van der Waals surface area contributed by atoms with E-state index in [1.165, 1.54) is 37.3 Å². The molecule has 3 saturated carbocycles. The van der Waals surface area contributed by atoms with Crippen molar-refractivity contribution in [1.82, 2.24) is 0 Å². The molecule has 2 N–H and O–H groups in total. The molecule has 0 saturated heterocycles. The second kappa shape index (κ2) is 5.43.